The lowest BCUT2D eigenvalue weighted by atomic mass is 10.1. The molecule has 0 amide bonds. The number of hydrazone groups is 1. The van der Waals surface area contributed by atoms with Gasteiger partial charge in [-0.2, -0.15) is 5.10 Å². The lowest BCUT2D eigenvalue weighted by Gasteiger charge is -2.13. The lowest BCUT2D eigenvalue weighted by Crippen LogP contribution is -2.14. The highest BCUT2D eigenvalue weighted by Gasteiger charge is 1.95. The Balaban J connectivity index is 3.44. The van der Waals surface area contributed by atoms with Crippen molar-refractivity contribution in [1.29, 1.82) is 0 Å². The summed E-state index contributed by atoms with van der Waals surface area (Å²) in [5.41, 5.74) is 0. The normalized spacial score (nSPS) is 10.9. The summed E-state index contributed by atoms with van der Waals surface area (Å²) >= 11 is 0. The van der Waals surface area contributed by atoms with E-state index in [1.54, 1.807) is 12.3 Å². The van der Waals surface area contributed by atoms with Gasteiger partial charge in [0.15, 0.2) is 0 Å². The van der Waals surface area contributed by atoms with Gasteiger partial charge in [0.05, 0.1) is 0 Å². The van der Waals surface area contributed by atoms with Gasteiger partial charge in [0.2, 0.25) is 0 Å². The van der Waals surface area contributed by atoms with Crippen LogP contribution in [0.25, 0.3) is 0 Å². The van der Waals surface area contributed by atoms with Gasteiger partial charge in [0, 0.05) is 19.8 Å². The molecule has 0 atom stereocenters. The third kappa shape index (κ3) is 7.10. The van der Waals surface area contributed by atoms with E-state index < -0.39 is 0 Å². The molecule has 0 aromatic carbocycles. The van der Waals surface area contributed by atoms with Crippen molar-refractivity contribution in [3.05, 3.63) is 12.7 Å². The second-order valence-electron chi connectivity index (χ2n) is 3.06. The molecule has 0 N–H and O–H groups in total. The van der Waals surface area contributed by atoms with Gasteiger partial charge in [0.1, 0.15) is 0 Å². The molecule has 0 saturated carbocycles. The highest BCUT2D eigenvalue weighted by molar-refractivity contribution is 5.69. The summed E-state index contributed by atoms with van der Waals surface area (Å²) in [6.45, 7) is 8.99. The highest BCUT2D eigenvalue weighted by Crippen LogP contribution is 1.99. The number of rotatable bonds is 5. The van der Waals surface area contributed by atoms with E-state index in [2.05, 4.69) is 25.5 Å². The minimum atomic E-state index is 0.747. The van der Waals surface area contributed by atoms with Gasteiger partial charge in [-0.1, -0.05) is 20.4 Å². The van der Waals surface area contributed by atoms with Crippen molar-refractivity contribution in [3.8, 4) is 0 Å². The zero-order chi connectivity index (χ0) is 8.69. The maximum Gasteiger partial charge on any atom is 0.0464 e. The third-order valence-corrected chi connectivity index (χ3v) is 1.40. The smallest absolute Gasteiger partial charge is 0.0464 e. The second-order valence-corrected chi connectivity index (χ2v) is 3.06. The predicted octanol–water partition coefficient (Wildman–Crippen LogP) is 2.14. The minimum absolute atomic E-state index is 0.747. The van der Waals surface area contributed by atoms with Crippen LogP contribution in [0, 0.1) is 5.92 Å². The predicted molar refractivity (Wildman–Crippen MR) is 50.8 cm³/mol. The maximum atomic E-state index is 4.10. The zero-order valence-electron chi connectivity index (χ0n) is 7.75. The molecule has 0 radical (unpaired) electrons. The largest absolute Gasteiger partial charge is 0.300 e. The topological polar surface area (TPSA) is 15.6 Å². The summed E-state index contributed by atoms with van der Waals surface area (Å²) < 4.78 is 0. The SMILES string of the molecule is C=C/C=N\N(C)CCC(C)C. The first-order chi connectivity index (χ1) is 5.16. The van der Waals surface area contributed by atoms with Crippen LogP contribution in [-0.2, 0) is 0 Å². The van der Waals surface area contributed by atoms with Crippen molar-refractivity contribution in [1.82, 2.24) is 5.01 Å². The van der Waals surface area contributed by atoms with Crippen molar-refractivity contribution >= 4 is 6.21 Å². The molecule has 2 nitrogen and oxygen atoms in total. The van der Waals surface area contributed by atoms with E-state index in [1.165, 1.54) is 6.42 Å². The number of allylic oxidation sites excluding steroid dienone is 1. The van der Waals surface area contributed by atoms with Gasteiger partial charge >= 0.3 is 0 Å². The fourth-order valence-corrected chi connectivity index (χ4v) is 0.664. The van der Waals surface area contributed by atoms with Gasteiger partial charge in [-0.3, -0.25) is 0 Å². The fraction of sp³-hybridized carbons (Fsp3) is 0.667. The molecular formula is C9H18N2. The first kappa shape index (κ1) is 10.2. The van der Waals surface area contributed by atoms with E-state index in [9.17, 15) is 0 Å². The summed E-state index contributed by atoms with van der Waals surface area (Å²) in [6.07, 6.45) is 4.58. The van der Waals surface area contributed by atoms with Crippen LogP contribution < -0.4 is 0 Å². The summed E-state index contributed by atoms with van der Waals surface area (Å²) in [5.74, 6) is 0.747. The van der Waals surface area contributed by atoms with E-state index in [-0.39, 0.29) is 0 Å². The van der Waals surface area contributed by atoms with Gasteiger partial charge in [-0.05, 0) is 18.4 Å². The first-order valence-corrected chi connectivity index (χ1v) is 4.03. The molecule has 0 saturated heterocycles. The molecular weight excluding hydrogens is 136 g/mol. The van der Waals surface area contributed by atoms with Crippen LogP contribution >= 0.6 is 0 Å². The molecule has 64 valence electrons. The number of nitrogens with zero attached hydrogens (tertiary/aromatic N) is 2. The van der Waals surface area contributed by atoms with Crippen LogP contribution in [-0.4, -0.2) is 24.8 Å². The summed E-state index contributed by atoms with van der Waals surface area (Å²) in [4.78, 5) is 0. The highest BCUT2D eigenvalue weighted by atomic mass is 15.4. The van der Waals surface area contributed by atoms with Gasteiger partial charge in [-0.15, -0.1) is 0 Å². The monoisotopic (exact) mass is 154 g/mol. The number of hydrogen-bond donors (Lipinski definition) is 0. The van der Waals surface area contributed by atoms with Gasteiger partial charge in [0.25, 0.3) is 0 Å². The van der Waals surface area contributed by atoms with E-state index in [0.717, 1.165) is 12.5 Å². The maximum absolute atomic E-state index is 4.10. The summed E-state index contributed by atoms with van der Waals surface area (Å²) in [5, 5.41) is 6.04. The van der Waals surface area contributed by atoms with Crippen molar-refractivity contribution in [2.45, 2.75) is 20.3 Å². The fourth-order valence-electron chi connectivity index (χ4n) is 0.664. The second kappa shape index (κ2) is 5.96. The molecule has 0 aromatic rings. The Hall–Kier alpha value is -0.790. The first-order valence-electron chi connectivity index (χ1n) is 4.03. The standard InChI is InChI=1S/C9H18N2/c1-5-7-10-11(4)8-6-9(2)3/h5,7,9H,1,6,8H2,2-4H3/b10-7-. The van der Waals surface area contributed by atoms with Crippen molar-refractivity contribution in [3.63, 3.8) is 0 Å². The van der Waals surface area contributed by atoms with Crippen LogP contribution in [0.15, 0.2) is 17.8 Å². The molecule has 0 heterocycles. The Morgan fingerprint density at radius 3 is 2.64 bits per heavy atom. The zero-order valence-corrected chi connectivity index (χ0v) is 7.75. The molecule has 0 rings (SSSR count). The Kier molecular flexibility index (Phi) is 5.53. The molecule has 0 aliphatic carbocycles. The summed E-state index contributed by atoms with van der Waals surface area (Å²) in [7, 11) is 1.97. The van der Waals surface area contributed by atoms with Gasteiger partial charge < -0.3 is 5.01 Å². The number of hydrogen-bond acceptors (Lipinski definition) is 2. The van der Waals surface area contributed by atoms with Crippen LogP contribution in [0.2, 0.25) is 0 Å². The Morgan fingerprint density at radius 1 is 1.55 bits per heavy atom. The van der Waals surface area contributed by atoms with Crippen LogP contribution in [0.3, 0.4) is 0 Å². The van der Waals surface area contributed by atoms with Crippen molar-refractivity contribution in [2.75, 3.05) is 13.6 Å². The van der Waals surface area contributed by atoms with E-state index in [0.29, 0.717) is 0 Å². The minimum Gasteiger partial charge on any atom is -0.300 e. The molecule has 0 spiro atoms. The lowest BCUT2D eigenvalue weighted by molar-refractivity contribution is 0.328. The van der Waals surface area contributed by atoms with E-state index in [1.807, 2.05) is 12.1 Å². The molecule has 0 aromatic heterocycles. The molecule has 2 heteroatoms. The molecule has 11 heavy (non-hydrogen) atoms. The van der Waals surface area contributed by atoms with Gasteiger partial charge in [-0.25, -0.2) is 0 Å². The molecule has 0 fully saturated rings. The van der Waals surface area contributed by atoms with Crippen molar-refractivity contribution < 1.29 is 0 Å². The van der Waals surface area contributed by atoms with E-state index in [4.69, 9.17) is 0 Å². The molecule has 0 bridgehead atoms. The third-order valence-electron chi connectivity index (χ3n) is 1.40. The Bertz CT molecular complexity index is 128. The van der Waals surface area contributed by atoms with E-state index >= 15 is 0 Å². The average Bonchev–Trinajstić information content (AvgIpc) is 1.97. The molecule has 0 unspecified atom stereocenters. The Morgan fingerprint density at radius 2 is 2.18 bits per heavy atom. The van der Waals surface area contributed by atoms with Crippen LogP contribution in [0.4, 0.5) is 0 Å². The molecule has 0 aliphatic heterocycles. The summed E-state index contributed by atoms with van der Waals surface area (Å²) in [6, 6.07) is 0. The average molecular weight is 154 g/mol. The molecule has 0 aliphatic rings. The van der Waals surface area contributed by atoms with Crippen LogP contribution in [0.1, 0.15) is 20.3 Å². The Labute approximate surface area is 69.6 Å². The van der Waals surface area contributed by atoms with Crippen LogP contribution in [0.5, 0.6) is 0 Å². The van der Waals surface area contributed by atoms with Crippen molar-refractivity contribution in [2.24, 2.45) is 11.0 Å². The quantitative estimate of drug-likeness (QED) is 0.437.